The topological polar surface area (TPSA) is 87.8 Å². The first-order valence-corrected chi connectivity index (χ1v) is 6.84. The molecule has 2 aromatic rings. The van der Waals surface area contributed by atoms with Gasteiger partial charge in [0.1, 0.15) is 5.75 Å². The molecule has 0 radical (unpaired) electrons. The van der Waals surface area contributed by atoms with Crippen LogP contribution in [0.3, 0.4) is 0 Å². The summed E-state index contributed by atoms with van der Waals surface area (Å²) in [6.07, 6.45) is -1.17. The average molecular weight is 315 g/mol. The maximum Gasteiger partial charge on any atom is 0.351 e. The number of carbonyl (C=O) groups excluding carboxylic acids is 2. The van der Waals surface area contributed by atoms with Crippen molar-refractivity contribution < 1.29 is 23.8 Å². The van der Waals surface area contributed by atoms with Gasteiger partial charge in [0.15, 0.2) is 0 Å². The van der Waals surface area contributed by atoms with Crippen molar-refractivity contribution in [3.63, 3.8) is 0 Å². The molecule has 23 heavy (non-hydrogen) atoms. The number of anilines is 1. The van der Waals surface area contributed by atoms with Crippen LogP contribution in [0.25, 0.3) is 0 Å². The Morgan fingerprint density at radius 3 is 2.35 bits per heavy atom. The van der Waals surface area contributed by atoms with Crippen LogP contribution in [0, 0.1) is 0 Å². The highest BCUT2D eigenvalue weighted by Crippen LogP contribution is 2.25. The van der Waals surface area contributed by atoms with E-state index in [0.29, 0.717) is 11.3 Å². The molecule has 0 amide bonds. The number of nitrogen functional groups attached to an aromatic ring is 1. The van der Waals surface area contributed by atoms with E-state index in [-0.39, 0.29) is 11.3 Å². The third-order valence-electron chi connectivity index (χ3n) is 3.22. The van der Waals surface area contributed by atoms with E-state index in [1.807, 2.05) is 0 Å². The second-order valence-corrected chi connectivity index (χ2v) is 4.67. The van der Waals surface area contributed by atoms with E-state index in [2.05, 4.69) is 0 Å². The van der Waals surface area contributed by atoms with Crippen LogP contribution in [-0.2, 0) is 14.3 Å². The molecule has 0 saturated carbocycles. The molecule has 0 fully saturated rings. The minimum atomic E-state index is -1.17. The lowest BCUT2D eigenvalue weighted by Crippen LogP contribution is -2.21. The second kappa shape index (κ2) is 7.31. The number of rotatable bonds is 5. The maximum atomic E-state index is 12.4. The molecule has 6 heteroatoms. The van der Waals surface area contributed by atoms with E-state index in [4.69, 9.17) is 19.9 Å². The smallest absolute Gasteiger partial charge is 0.351 e. The standard InChI is InChI=1S/C17H17NO5/c1-21-12-8-9-14(18)13(10-12)16(19)23-15(17(20)22-2)11-6-4-3-5-7-11/h3-10,15H,18H2,1-2H3/t15-/m1/s1. The fraction of sp³-hybridized carbons (Fsp3) is 0.176. The lowest BCUT2D eigenvalue weighted by molar-refractivity contribution is -0.151. The molecule has 0 unspecified atom stereocenters. The Bertz CT molecular complexity index is 699. The summed E-state index contributed by atoms with van der Waals surface area (Å²) in [5.41, 5.74) is 6.65. The van der Waals surface area contributed by atoms with Gasteiger partial charge < -0.3 is 19.9 Å². The third kappa shape index (κ3) is 3.79. The number of hydrogen-bond donors (Lipinski definition) is 1. The number of methoxy groups -OCH3 is 2. The molecule has 6 nitrogen and oxygen atoms in total. The summed E-state index contributed by atoms with van der Waals surface area (Å²) in [5.74, 6) is -0.952. The Morgan fingerprint density at radius 2 is 1.74 bits per heavy atom. The summed E-state index contributed by atoms with van der Waals surface area (Å²) < 4.78 is 15.1. The Kier molecular flexibility index (Phi) is 5.19. The molecule has 0 aliphatic heterocycles. The van der Waals surface area contributed by atoms with E-state index in [1.165, 1.54) is 26.4 Å². The van der Waals surface area contributed by atoms with Crippen molar-refractivity contribution in [1.29, 1.82) is 0 Å². The molecule has 0 aliphatic carbocycles. The number of benzene rings is 2. The van der Waals surface area contributed by atoms with Gasteiger partial charge in [-0.2, -0.15) is 0 Å². The van der Waals surface area contributed by atoms with Gasteiger partial charge >= 0.3 is 11.9 Å². The van der Waals surface area contributed by atoms with E-state index in [1.54, 1.807) is 36.4 Å². The Hall–Kier alpha value is -3.02. The van der Waals surface area contributed by atoms with Crippen LogP contribution >= 0.6 is 0 Å². The monoisotopic (exact) mass is 315 g/mol. The minimum Gasteiger partial charge on any atom is -0.497 e. The number of esters is 2. The summed E-state index contributed by atoms with van der Waals surface area (Å²) in [6, 6.07) is 13.2. The van der Waals surface area contributed by atoms with Gasteiger partial charge in [-0.3, -0.25) is 0 Å². The normalized spacial score (nSPS) is 11.4. The predicted octanol–water partition coefficient (Wildman–Crippen LogP) is 2.35. The molecule has 2 N–H and O–H groups in total. The fourth-order valence-electron chi connectivity index (χ4n) is 2.00. The summed E-state index contributed by atoms with van der Waals surface area (Å²) >= 11 is 0. The van der Waals surface area contributed by atoms with Gasteiger partial charge in [0.05, 0.1) is 19.8 Å². The SMILES string of the molecule is COC(=O)[C@H](OC(=O)c1cc(OC)ccc1N)c1ccccc1. The highest BCUT2D eigenvalue weighted by molar-refractivity contribution is 5.97. The zero-order valence-corrected chi connectivity index (χ0v) is 12.8. The van der Waals surface area contributed by atoms with Crippen molar-refractivity contribution in [1.82, 2.24) is 0 Å². The van der Waals surface area contributed by atoms with Crippen molar-refractivity contribution >= 4 is 17.6 Å². The third-order valence-corrected chi connectivity index (χ3v) is 3.22. The minimum absolute atomic E-state index is 0.120. The van der Waals surface area contributed by atoms with Gasteiger partial charge in [-0.05, 0) is 18.2 Å². The summed E-state index contributed by atoms with van der Waals surface area (Å²) in [6.45, 7) is 0. The maximum absolute atomic E-state index is 12.4. The summed E-state index contributed by atoms with van der Waals surface area (Å²) in [7, 11) is 2.70. The van der Waals surface area contributed by atoms with Crippen LogP contribution in [0.1, 0.15) is 22.0 Å². The van der Waals surface area contributed by atoms with E-state index < -0.39 is 18.0 Å². The number of nitrogens with two attached hydrogens (primary N) is 1. The first kappa shape index (κ1) is 16.4. The van der Waals surface area contributed by atoms with Crippen molar-refractivity contribution in [2.24, 2.45) is 0 Å². The molecule has 2 aromatic carbocycles. The molecule has 0 bridgehead atoms. The number of ether oxygens (including phenoxy) is 3. The van der Waals surface area contributed by atoms with Crippen molar-refractivity contribution in [3.05, 3.63) is 59.7 Å². The van der Waals surface area contributed by atoms with Gasteiger partial charge in [-0.1, -0.05) is 30.3 Å². The van der Waals surface area contributed by atoms with Gasteiger partial charge in [0.25, 0.3) is 0 Å². The average Bonchev–Trinajstić information content (AvgIpc) is 2.60. The summed E-state index contributed by atoms with van der Waals surface area (Å²) in [4.78, 5) is 24.3. The van der Waals surface area contributed by atoms with Gasteiger partial charge in [0, 0.05) is 11.3 Å². The molecule has 0 heterocycles. The second-order valence-electron chi connectivity index (χ2n) is 4.67. The van der Waals surface area contributed by atoms with Crippen molar-refractivity contribution in [3.8, 4) is 5.75 Å². The first-order valence-electron chi connectivity index (χ1n) is 6.84. The molecule has 1 atom stereocenters. The molecular formula is C17H17NO5. The van der Waals surface area contributed by atoms with Crippen LogP contribution in [0.2, 0.25) is 0 Å². The van der Waals surface area contributed by atoms with E-state index >= 15 is 0 Å². The Labute approximate surface area is 133 Å². The van der Waals surface area contributed by atoms with Crippen molar-refractivity contribution in [2.45, 2.75) is 6.10 Å². The Morgan fingerprint density at radius 1 is 1.04 bits per heavy atom. The zero-order chi connectivity index (χ0) is 16.8. The van der Waals surface area contributed by atoms with Crippen LogP contribution in [0.5, 0.6) is 5.75 Å². The Balaban J connectivity index is 2.30. The molecular weight excluding hydrogens is 298 g/mol. The quantitative estimate of drug-likeness (QED) is 0.673. The first-order chi connectivity index (χ1) is 11.1. The lowest BCUT2D eigenvalue weighted by atomic mass is 10.1. The van der Waals surface area contributed by atoms with Gasteiger partial charge in [-0.25, -0.2) is 9.59 Å². The predicted molar refractivity (Wildman–Crippen MR) is 84.0 cm³/mol. The molecule has 0 saturated heterocycles. The highest BCUT2D eigenvalue weighted by atomic mass is 16.6. The largest absolute Gasteiger partial charge is 0.497 e. The van der Waals surface area contributed by atoms with E-state index in [0.717, 1.165) is 0 Å². The molecule has 0 aliphatic rings. The molecule has 120 valence electrons. The van der Waals surface area contributed by atoms with E-state index in [9.17, 15) is 9.59 Å². The number of carbonyl (C=O) groups is 2. The van der Waals surface area contributed by atoms with Gasteiger partial charge in [0.2, 0.25) is 6.10 Å². The fourth-order valence-corrected chi connectivity index (χ4v) is 2.00. The van der Waals surface area contributed by atoms with Crippen LogP contribution in [-0.4, -0.2) is 26.2 Å². The lowest BCUT2D eigenvalue weighted by Gasteiger charge is -2.17. The van der Waals surface area contributed by atoms with Crippen LogP contribution < -0.4 is 10.5 Å². The summed E-state index contributed by atoms with van der Waals surface area (Å²) in [5, 5.41) is 0. The highest BCUT2D eigenvalue weighted by Gasteiger charge is 2.27. The molecule has 0 spiro atoms. The van der Waals surface area contributed by atoms with Crippen LogP contribution in [0.4, 0.5) is 5.69 Å². The number of hydrogen-bond acceptors (Lipinski definition) is 6. The van der Waals surface area contributed by atoms with Gasteiger partial charge in [-0.15, -0.1) is 0 Å². The molecule has 0 aromatic heterocycles. The molecule has 2 rings (SSSR count). The van der Waals surface area contributed by atoms with Crippen LogP contribution in [0.15, 0.2) is 48.5 Å². The van der Waals surface area contributed by atoms with Crippen molar-refractivity contribution in [2.75, 3.05) is 20.0 Å². The zero-order valence-electron chi connectivity index (χ0n) is 12.8.